The Kier molecular flexibility index (Phi) is 3.84. The Morgan fingerprint density at radius 1 is 1.10 bits per heavy atom. The lowest BCUT2D eigenvalue weighted by Crippen LogP contribution is -2.14. The van der Waals surface area contributed by atoms with Crippen LogP contribution in [0, 0.1) is 6.92 Å². The molecule has 2 aromatic rings. The Morgan fingerprint density at radius 3 is 2.45 bits per heavy atom. The summed E-state index contributed by atoms with van der Waals surface area (Å²) in [5.41, 5.74) is 8.74. The third kappa shape index (κ3) is 2.85. The summed E-state index contributed by atoms with van der Waals surface area (Å²) in [5.74, 6) is -0.380. The van der Waals surface area contributed by atoms with Crippen molar-refractivity contribution in [2.75, 3.05) is 11.1 Å². The molecule has 0 atom stereocenters. The number of aryl methyl sites for hydroxylation is 1. The van der Waals surface area contributed by atoms with Crippen molar-refractivity contribution < 1.29 is 9.59 Å². The predicted molar refractivity (Wildman–Crippen MR) is 80.0 cm³/mol. The van der Waals surface area contributed by atoms with E-state index in [0.29, 0.717) is 22.5 Å². The molecule has 2 rings (SSSR count). The zero-order valence-corrected chi connectivity index (χ0v) is 11.4. The molecule has 0 unspecified atom stereocenters. The highest BCUT2D eigenvalue weighted by molar-refractivity contribution is 6.09. The van der Waals surface area contributed by atoms with Crippen LogP contribution in [0.25, 0.3) is 0 Å². The SMILES string of the molecule is CC(=O)c1ccccc1NC(=O)c1ccc(C)c(N)c1. The fourth-order valence-corrected chi connectivity index (χ4v) is 1.88. The fourth-order valence-electron chi connectivity index (χ4n) is 1.88. The van der Waals surface area contributed by atoms with Gasteiger partial charge in [-0.25, -0.2) is 0 Å². The van der Waals surface area contributed by atoms with Crippen LogP contribution < -0.4 is 11.1 Å². The van der Waals surface area contributed by atoms with Crippen LogP contribution in [0.1, 0.15) is 33.2 Å². The second-order valence-corrected chi connectivity index (χ2v) is 4.63. The van der Waals surface area contributed by atoms with E-state index in [0.717, 1.165) is 5.56 Å². The normalized spacial score (nSPS) is 10.1. The summed E-state index contributed by atoms with van der Waals surface area (Å²) in [4.78, 5) is 23.7. The highest BCUT2D eigenvalue weighted by Gasteiger charge is 2.11. The lowest BCUT2D eigenvalue weighted by Gasteiger charge is -2.10. The van der Waals surface area contributed by atoms with E-state index < -0.39 is 0 Å². The number of hydrogen-bond acceptors (Lipinski definition) is 3. The predicted octanol–water partition coefficient (Wildman–Crippen LogP) is 3.03. The Labute approximate surface area is 117 Å². The highest BCUT2D eigenvalue weighted by Crippen LogP contribution is 2.18. The van der Waals surface area contributed by atoms with Gasteiger partial charge in [0.25, 0.3) is 5.91 Å². The molecule has 0 saturated heterocycles. The molecule has 2 aromatic carbocycles. The van der Waals surface area contributed by atoms with Crippen molar-refractivity contribution in [2.24, 2.45) is 0 Å². The zero-order chi connectivity index (χ0) is 14.7. The number of hydrogen-bond donors (Lipinski definition) is 2. The van der Waals surface area contributed by atoms with E-state index in [9.17, 15) is 9.59 Å². The fraction of sp³-hybridized carbons (Fsp3) is 0.125. The first-order valence-electron chi connectivity index (χ1n) is 6.26. The lowest BCUT2D eigenvalue weighted by atomic mass is 10.1. The third-order valence-electron chi connectivity index (χ3n) is 3.10. The molecule has 0 bridgehead atoms. The number of carbonyl (C=O) groups excluding carboxylic acids is 2. The molecule has 0 aliphatic rings. The van der Waals surface area contributed by atoms with Crippen LogP contribution in [-0.4, -0.2) is 11.7 Å². The number of anilines is 2. The minimum absolute atomic E-state index is 0.0932. The lowest BCUT2D eigenvalue weighted by molar-refractivity contribution is 0.101. The third-order valence-corrected chi connectivity index (χ3v) is 3.10. The molecular weight excluding hydrogens is 252 g/mol. The van der Waals surface area contributed by atoms with Gasteiger partial charge in [0.2, 0.25) is 0 Å². The molecule has 0 heterocycles. The van der Waals surface area contributed by atoms with Crippen molar-refractivity contribution in [1.82, 2.24) is 0 Å². The first kappa shape index (κ1) is 13.8. The van der Waals surface area contributed by atoms with Crippen molar-refractivity contribution in [3.8, 4) is 0 Å². The molecule has 0 fully saturated rings. The van der Waals surface area contributed by atoms with Gasteiger partial charge in [-0.05, 0) is 43.7 Å². The topological polar surface area (TPSA) is 72.2 Å². The number of carbonyl (C=O) groups is 2. The minimum atomic E-state index is -0.287. The number of ketones is 1. The van der Waals surface area contributed by atoms with Gasteiger partial charge in [-0.3, -0.25) is 9.59 Å². The first-order valence-corrected chi connectivity index (χ1v) is 6.26. The molecule has 1 amide bonds. The molecule has 0 aliphatic carbocycles. The molecule has 4 nitrogen and oxygen atoms in total. The van der Waals surface area contributed by atoms with Crippen molar-refractivity contribution in [2.45, 2.75) is 13.8 Å². The maximum atomic E-state index is 12.2. The first-order chi connectivity index (χ1) is 9.49. The summed E-state index contributed by atoms with van der Waals surface area (Å²) in [7, 11) is 0. The molecular formula is C16H16N2O2. The summed E-state index contributed by atoms with van der Waals surface area (Å²) >= 11 is 0. The second-order valence-electron chi connectivity index (χ2n) is 4.63. The van der Waals surface area contributed by atoms with E-state index in [1.165, 1.54) is 6.92 Å². The molecule has 102 valence electrons. The summed E-state index contributed by atoms with van der Waals surface area (Å²) in [6.07, 6.45) is 0. The Hall–Kier alpha value is -2.62. The van der Waals surface area contributed by atoms with Crippen LogP contribution in [0.15, 0.2) is 42.5 Å². The van der Waals surface area contributed by atoms with Crippen LogP contribution in [0.5, 0.6) is 0 Å². The monoisotopic (exact) mass is 268 g/mol. The van der Waals surface area contributed by atoms with E-state index in [1.54, 1.807) is 42.5 Å². The van der Waals surface area contributed by atoms with Crippen LogP contribution in [0.3, 0.4) is 0 Å². The molecule has 0 spiro atoms. The second kappa shape index (κ2) is 5.57. The van der Waals surface area contributed by atoms with Gasteiger partial charge in [0.1, 0.15) is 0 Å². The van der Waals surface area contributed by atoms with Crippen LogP contribution >= 0.6 is 0 Å². The quantitative estimate of drug-likeness (QED) is 0.664. The zero-order valence-electron chi connectivity index (χ0n) is 11.4. The van der Waals surface area contributed by atoms with E-state index in [-0.39, 0.29) is 11.7 Å². The van der Waals surface area contributed by atoms with Crippen LogP contribution in [0.2, 0.25) is 0 Å². The van der Waals surface area contributed by atoms with E-state index in [4.69, 9.17) is 5.73 Å². The van der Waals surface area contributed by atoms with E-state index >= 15 is 0 Å². The van der Waals surface area contributed by atoms with Gasteiger partial charge in [0.05, 0.1) is 5.69 Å². The maximum Gasteiger partial charge on any atom is 0.255 e. The van der Waals surface area contributed by atoms with Crippen molar-refractivity contribution in [3.63, 3.8) is 0 Å². The molecule has 0 aromatic heterocycles. The average Bonchev–Trinajstić information content (AvgIpc) is 2.42. The number of amides is 1. The maximum absolute atomic E-state index is 12.2. The van der Waals surface area contributed by atoms with Crippen molar-refractivity contribution in [3.05, 3.63) is 59.2 Å². The van der Waals surface area contributed by atoms with Crippen LogP contribution in [0.4, 0.5) is 11.4 Å². The molecule has 0 saturated carbocycles. The molecule has 4 heteroatoms. The number of nitrogens with two attached hydrogens (primary N) is 1. The van der Waals surface area contributed by atoms with Gasteiger partial charge in [0.15, 0.2) is 5.78 Å². The van der Waals surface area contributed by atoms with Crippen molar-refractivity contribution >= 4 is 23.1 Å². The van der Waals surface area contributed by atoms with Gasteiger partial charge >= 0.3 is 0 Å². The van der Waals surface area contributed by atoms with Crippen LogP contribution in [-0.2, 0) is 0 Å². The number of rotatable bonds is 3. The number of nitrogen functional groups attached to an aromatic ring is 1. The van der Waals surface area contributed by atoms with Gasteiger partial charge in [0, 0.05) is 16.8 Å². The number of para-hydroxylation sites is 1. The molecule has 3 N–H and O–H groups in total. The average molecular weight is 268 g/mol. The summed E-state index contributed by atoms with van der Waals surface area (Å²) in [5, 5.41) is 2.74. The number of Topliss-reactive ketones (excluding diaryl/α,β-unsaturated/α-hetero) is 1. The summed E-state index contributed by atoms with van der Waals surface area (Å²) < 4.78 is 0. The largest absolute Gasteiger partial charge is 0.398 e. The summed E-state index contributed by atoms with van der Waals surface area (Å²) in [6.45, 7) is 3.34. The number of benzene rings is 2. The smallest absolute Gasteiger partial charge is 0.255 e. The van der Waals surface area contributed by atoms with Gasteiger partial charge in [-0.2, -0.15) is 0 Å². The molecule has 0 aliphatic heterocycles. The Balaban J connectivity index is 2.28. The highest BCUT2D eigenvalue weighted by atomic mass is 16.1. The standard InChI is InChI=1S/C16H16N2O2/c1-10-7-8-12(9-14(10)17)16(20)18-15-6-4-3-5-13(15)11(2)19/h3-9H,17H2,1-2H3,(H,18,20). The number of nitrogens with one attached hydrogen (secondary N) is 1. The Bertz CT molecular complexity index is 678. The van der Waals surface area contributed by atoms with Gasteiger partial charge in [-0.15, -0.1) is 0 Å². The summed E-state index contributed by atoms with van der Waals surface area (Å²) in [6, 6.07) is 12.0. The van der Waals surface area contributed by atoms with Gasteiger partial charge < -0.3 is 11.1 Å². The molecule has 0 radical (unpaired) electrons. The van der Waals surface area contributed by atoms with Gasteiger partial charge in [-0.1, -0.05) is 18.2 Å². The Morgan fingerprint density at radius 2 is 1.80 bits per heavy atom. The van der Waals surface area contributed by atoms with Crippen molar-refractivity contribution in [1.29, 1.82) is 0 Å². The van der Waals surface area contributed by atoms with E-state index in [2.05, 4.69) is 5.32 Å². The molecule has 20 heavy (non-hydrogen) atoms. The van der Waals surface area contributed by atoms with E-state index in [1.807, 2.05) is 6.92 Å². The minimum Gasteiger partial charge on any atom is -0.398 e.